The Morgan fingerprint density at radius 3 is 2.27 bits per heavy atom. The van der Waals surface area contributed by atoms with Gasteiger partial charge in [-0.2, -0.15) is 0 Å². The van der Waals surface area contributed by atoms with Crippen molar-refractivity contribution in [2.24, 2.45) is 0 Å². The minimum Gasteiger partial charge on any atom is -0.457 e. The van der Waals surface area contributed by atoms with Gasteiger partial charge in [0.05, 0.1) is 5.69 Å². The van der Waals surface area contributed by atoms with Gasteiger partial charge in [-0.05, 0) is 38.1 Å². The Kier molecular flexibility index (Phi) is 3.33. The number of amides is 3. The fourth-order valence-electron chi connectivity index (χ4n) is 2.29. The second-order valence-corrected chi connectivity index (χ2v) is 5.61. The lowest BCUT2D eigenvalue weighted by molar-refractivity contribution is -0.120. The molecule has 5 nitrogen and oxygen atoms in total. The topological polar surface area (TPSA) is 58.6 Å². The van der Waals surface area contributed by atoms with Gasteiger partial charge < -0.3 is 10.1 Å². The van der Waals surface area contributed by atoms with Gasteiger partial charge in [-0.25, -0.2) is 9.69 Å². The number of nitrogens with one attached hydrogen (secondary N) is 1. The van der Waals surface area contributed by atoms with Crippen LogP contribution in [-0.2, 0) is 4.79 Å². The highest BCUT2D eigenvalue weighted by atomic mass is 16.5. The first-order valence-corrected chi connectivity index (χ1v) is 6.97. The van der Waals surface area contributed by atoms with Gasteiger partial charge >= 0.3 is 6.03 Å². The number of hydrogen-bond donors (Lipinski definition) is 1. The van der Waals surface area contributed by atoms with Gasteiger partial charge in [-0.15, -0.1) is 0 Å². The molecule has 0 spiro atoms. The standard InChI is InChI=1S/C17H16N2O3/c1-17(2)15(20)19(16(21)18-17)12-7-6-10-14(11-12)22-13-8-4-3-5-9-13/h3-11H,1-2H3,(H,18,21). The highest BCUT2D eigenvalue weighted by Crippen LogP contribution is 2.29. The molecule has 22 heavy (non-hydrogen) atoms. The second kappa shape index (κ2) is 5.18. The smallest absolute Gasteiger partial charge is 0.329 e. The first-order chi connectivity index (χ1) is 10.5. The molecule has 2 aromatic rings. The van der Waals surface area contributed by atoms with Crippen LogP contribution in [0.15, 0.2) is 54.6 Å². The van der Waals surface area contributed by atoms with Gasteiger partial charge in [0.15, 0.2) is 0 Å². The molecule has 0 saturated carbocycles. The van der Waals surface area contributed by atoms with Crippen LogP contribution in [-0.4, -0.2) is 17.5 Å². The summed E-state index contributed by atoms with van der Waals surface area (Å²) in [4.78, 5) is 25.5. The molecule has 0 aliphatic carbocycles. The normalized spacial score (nSPS) is 16.5. The molecule has 0 radical (unpaired) electrons. The first-order valence-electron chi connectivity index (χ1n) is 6.97. The Morgan fingerprint density at radius 1 is 0.955 bits per heavy atom. The minimum absolute atomic E-state index is 0.283. The average molecular weight is 296 g/mol. The van der Waals surface area contributed by atoms with Crippen LogP contribution in [0.1, 0.15) is 13.8 Å². The zero-order valence-electron chi connectivity index (χ0n) is 12.4. The third-order valence-electron chi connectivity index (χ3n) is 3.42. The molecule has 3 amide bonds. The van der Waals surface area contributed by atoms with E-state index in [9.17, 15) is 9.59 Å². The van der Waals surface area contributed by atoms with Crippen LogP contribution in [0.2, 0.25) is 0 Å². The molecule has 3 rings (SSSR count). The van der Waals surface area contributed by atoms with Crippen molar-refractivity contribution < 1.29 is 14.3 Å². The number of rotatable bonds is 3. The predicted molar refractivity (Wildman–Crippen MR) is 83.1 cm³/mol. The number of benzene rings is 2. The third kappa shape index (κ3) is 2.53. The van der Waals surface area contributed by atoms with Crippen molar-refractivity contribution >= 4 is 17.6 Å². The molecule has 1 aliphatic rings. The molecule has 0 unspecified atom stereocenters. The SMILES string of the molecule is CC1(C)NC(=O)N(c2cccc(Oc3ccccc3)c2)C1=O. The minimum atomic E-state index is -0.895. The maximum atomic E-state index is 12.3. The lowest BCUT2D eigenvalue weighted by atomic mass is 10.1. The molecule has 1 fully saturated rings. The quantitative estimate of drug-likeness (QED) is 0.884. The van der Waals surface area contributed by atoms with Gasteiger partial charge in [0.1, 0.15) is 17.0 Å². The highest BCUT2D eigenvalue weighted by molar-refractivity contribution is 6.23. The summed E-state index contributed by atoms with van der Waals surface area (Å²) in [6.45, 7) is 3.36. The summed E-state index contributed by atoms with van der Waals surface area (Å²) in [6, 6.07) is 15.8. The molecular weight excluding hydrogens is 280 g/mol. The molecular formula is C17H16N2O3. The summed E-state index contributed by atoms with van der Waals surface area (Å²) in [6.07, 6.45) is 0. The maximum absolute atomic E-state index is 12.3. The van der Waals surface area contributed by atoms with E-state index >= 15 is 0 Å². The van der Waals surface area contributed by atoms with E-state index in [1.165, 1.54) is 0 Å². The summed E-state index contributed by atoms with van der Waals surface area (Å²) < 4.78 is 5.73. The number of para-hydroxylation sites is 1. The van der Waals surface area contributed by atoms with E-state index in [0.717, 1.165) is 4.90 Å². The van der Waals surface area contributed by atoms with Crippen LogP contribution in [0, 0.1) is 0 Å². The molecule has 1 saturated heterocycles. The zero-order valence-corrected chi connectivity index (χ0v) is 12.4. The Labute approximate surface area is 128 Å². The molecule has 112 valence electrons. The molecule has 0 bridgehead atoms. The number of ether oxygens (including phenoxy) is 1. The molecule has 1 N–H and O–H groups in total. The Morgan fingerprint density at radius 2 is 1.64 bits per heavy atom. The van der Waals surface area contributed by atoms with Crippen LogP contribution in [0.4, 0.5) is 10.5 Å². The van der Waals surface area contributed by atoms with E-state index in [2.05, 4.69) is 5.32 Å². The van der Waals surface area contributed by atoms with Gasteiger partial charge in [0.2, 0.25) is 0 Å². The second-order valence-electron chi connectivity index (χ2n) is 5.61. The summed E-state index contributed by atoms with van der Waals surface area (Å²) in [5.41, 5.74) is -0.408. The van der Waals surface area contributed by atoms with Crippen molar-refractivity contribution in [3.8, 4) is 11.5 Å². The number of carbonyl (C=O) groups is 2. The molecule has 1 heterocycles. The Hall–Kier alpha value is -2.82. The molecule has 5 heteroatoms. The third-order valence-corrected chi connectivity index (χ3v) is 3.42. The van der Waals surface area contributed by atoms with Crippen molar-refractivity contribution in [2.75, 3.05) is 4.90 Å². The molecule has 2 aromatic carbocycles. The van der Waals surface area contributed by atoms with E-state index in [0.29, 0.717) is 17.2 Å². The summed E-state index contributed by atoms with van der Waals surface area (Å²) in [5.74, 6) is 0.973. The summed E-state index contributed by atoms with van der Waals surface area (Å²) >= 11 is 0. The average Bonchev–Trinajstić information content (AvgIpc) is 2.68. The van der Waals surface area contributed by atoms with Crippen LogP contribution in [0.25, 0.3) is 0 Å². The van der Waals surface area contributed by atoms with Crippen molar-refractivity contribution in [1.29, 1.82) is 0 Å². The number of anilines is 1. The summed E-state index contributed by atoms with van der Waals surface area (Å²) in [5, 5.41) is 2.66. The first kappa shape index (κ1) is 14.1. The zero-order chi connectivity index (χ0) is 15.7. The van der Waals surface area contributed by atoms with Crippen molar-refractivity contribution in [3.63, 3.8) is 0 Å². The Bertz CT molecular complexity index is 726. The van der Waals surface area contributed by atoms with Crippen LogP contribution >= 0.6 is 0 Å². The van der Waals surface area contributed by atoms with Gasteiger partial charge in [0, 0.05) is 6.07 Å². The van der Waals surface area contributed by atoms with Crippen LogP contribution in [0.5, 0.6) is 11.5 Å². The predicted octanol–water partition coefficient (Wildman–Crippen LogP) is 3.31. The number of imide groups is 1. The number of urea groups is 1. The largest absolute Gasteiger partial charge is 0.457 e. The van der Waals surface area contributed by atoms with Crippen molar-refractivity contribution in [3.05, 3.63) is 54.6 Å². The fourth-order valence-corrected chi connectivity index (χ4v) is 2.29. The van der Waals surface area contributed by atoms with Crippen LogP contribution in [0.3, 0.4) is 0 Å². The lowest BCUT2D eigenvalue weighted by Gasteiger charge is -2.16. The monoisotopic (exact) mass is 296 g/mol. The van der Waals surface area contributed by atoms with E-state index in [4.69, 9.17) is 4.74 Å². The van der Waals surface area contributed by atoms with E-state index in [-0.39, 0.29) is 5.91 Å². The number of nitrogens with zero attached hydrogens (tertiary/aromatic N) is 1. The van der Waals surface area contributed by atoms with E-state index < -0.39 is 11.6 Å². The highest BCUT2D eigenvalue weighted by Gasteiger charge is 2.45. The molecule has 1 aliphatic heterocycles. The van der Waals surface area contributed by atoms with E-state index in [1.807, 2.05) is 30.3 Å². The maximum Gasteiger partial charge on any atom is 0.329 e. The van der Waals surface area contributed by atoms with Crippen LogP contribution < -0.4 is 15.0 Å². The van der Waals surface area contributed by atoms with Gasteiger partial charge in [-0.3, -0.25) is 4.79 Å². The fraction of sp³-hybridized carbons (Fsp3) is 0.176. The Balaban J connectivity index is 1.89. The van der Waals surface area contributed by atoms with Gasteiger partial charge in [0.25, 0.3) is 5.91 Å². The lowest BCUT2D eigenvalue weighted by Crippen LogP contribution is -2.40. The number of carbonyl (C=O) groups excluding carboxylic acids is 2. The van der Waals surface area contributed by atoms with Crippen molar-refractivity contribution in [1.82, 2.24) is 5.32 Å². The van der Waals surface area contributed by atoms with Crippen molar-refractivity contribution in [2.45, 2.75) is 19.4 Å². The molecule has 0 aromatic heterocycles. The number of hydrogen-bond acceptors (Lipinski definition) is 3. The van der Waals surface area contributed by atoms with E-state index in [1.54, 1.807) is 38.1 Å². The van der Waals surface area contributed by atoms with Gasteiger partial charge in [-0.1, -0.05) is 24.3 Å². The summed E-state index contributed by atoms with van der Waals surface area (Å²) in [7, 11) is 0. The molecule has 0 atom stereocenters.